The summed E-state index contributed by atoms with van der Waals surface area (Å²) in [5, 5.41) is 0. The van der Waals surface area contributed by atoms with Crippen LogP contribution in [-0.2, 0) is 6.42 Å². The van der Waals surface area contributed by atoms with Crippen molar-refractivity contribution in [1.82, 2.24) is 5.43 Å². The van der Waals surface area contributed by atoms with Crippen LogP contribution in [0.25, 0.3) is 0 Å². The lowest BCUT2D eigenvalue weighted by atomic mass is 9.98. The highest BCUT2D eigenvalue weighted by Gasteiger charge is 2.13. The first kappa shape index (κ1) is 14.3. The molecule has 0 saturated carbocycles. The number of halogens is 1. The van der Waals surface area contributed by atoms with E-state index in [2.05, 4.69) is 77.7 Å². The molecule has 2 rings (SSSR count). The van der Waals surface area contributed by atoms with Gasteiger partial charge in [0.05, 0.1) is 6.04 Å². The molecular weight excluding hydrogens is 300 g/mol. The van der Waals surface area contributed by atoms with Crippen molar-refractivity contribution in [2.75, 3.05) is 0 Å². The smallest absolute Gasteiger partial charge is 0.0511 e. The normalized spacial score (nSPS) is 12.4. The van der Waals surface area contributed by atoms with Gasteiger partial charge >= 0.3 is 0 Å². The standard InChI is InChI=1S/C16H19BrN2/c1-11-3-6-13(7-4-11)10-16(19-18)14-8-5-12(2)9-15(14)17/h3-9,16,19H,10,18H2,1-2H3. The zero-order chi connectivity index (χ0) is 13.8. The van der Waals surface area contributed by atoms with Crippen molar-refractivity contribution in [3.8, 4) is 0 Å². The van der Waals surface area contributed by atoms with Crippen molar-refractivity contribution in [3.63, 3.8) is 0 Å². The summed E-state index contributed by atoms with van der Waals surface area (Å²) in [7, 11) is 0. The molecule has 0 bridgehead atoms. The van der Waals surface area contributed by atoms with Gasteiger partial charge in [0.2, 0.25) is 0 Å². The van der Waals surface area contributed by atoms with E-state index in [1.165, 1.54) is 22.3 Å². The van der Waals surface area contributed by atoms with E-state index in [4.69, 9.17) is 5.84 Å². The molecule has 0 aromatic heterocycles. The molecule has 0 heterocycles. The van der Waals surface area contributed by atoms with Crippen molar-refractivity contribution in [2.45, 2.75) is 26.3 Å². The van der Waals surface area contributed by atoms with Gasteiger partial charge in [-0.15, -0.1) is 0 Å². The van der Waals surface area contributed by atoms with Gasteiger partial charge in [-0.25, -0.2) is 0 Å². The summed E-state index contributed by atoms with van der Waals surface area (Å²) in [6, 6.07) is 15.0. The highest BCUT2D eigenvalue weighted by molar-refractivity contribution is 9.10. The number of nitrogens with two attached hydrogens (primary N) is 1. The Labute approximate surface area is 123 Å². The number of hydrogen-bond donors (Lipinski definition) is 2. The number of hydrazine groups is 1. The average molecular weight is 319 g/mol. The third kappa shape index (κ3) is 3.66. The maximum Gasteiger partial charge on any atom is 0.0511 e. The van der Waals surface area contributed by atoms with E-state index in [1.807, 2.05) is 0 Å². The van der Waals surface area contributed by atoms with Crippen molar-refractivity contribution < 1.29 is 0 Å². The molecule has 0 fully saturated rings. The van der Waals surface area contributed by atoms with Crippen LogP contribution in [0.15, 0.2) is 46.9 Å². The Morgan fingerprint density at radius 3 is 2.26 bits per heavy atom. The fraction of sp³-hybridized carbons (Fsp3) is 0.250. The van der Waals surface area contributed by atoms with Crippen molar-refractivity contribution in [1.29, 1.82) is 0 Å². The van der Waals surface area contributed by atoms with E-state index in [0.29, 0.717) is 0 Å². The molecule has 1 atom stereocenters. The number of rotatable bonds is 4. The Balaban J connectivity index is 2.22. The number of nitrogens with one attached hydrogen (secondary N) is 1. The predicted molar refractivity (Wildman–Crippen MR) is 83.8 cm³/mol. The third-order valence-electron chi connectivity index (χ3n) is 3.29. The Hall–Kier alpha value is -1.16. The monoisotopic (exact) mass is 318 g/mol. The van der Waals surface area contributed by atoms with Gasteiger partial charge in [0.1, 0.15) is 0 Å². The topological polar surface area (TPSA) is 38.0 Å². The largest absolute Gasteiger partial charge is 0.271 e. The van der Waals surface area contributed by atoms with Crippen LogP contribution >= 0.6 is 15.9 Å². The molecule has 1 unspecified atom stereocenters. The molecule has 2 aromatic carbocycles. The summed E-state index contributed by atoms with van der Waals surface area (Å²) in [6.07, 6.45) is 0.873. The lowest BCUT2D eigenvalue weighted by Crippen LogP contribution is -2.29. The van der Waals surface area contributed by atoms with Crippen LogP contribution < -0.4 is 11.3 Å². The Morgan fingerprint density at radius 1 is 1.05 bits per heavy atom. The highest BCUT2D eigenvalue weighted by Crippen LogP contribution is 2.26. The van der Waals surface area contributed by atoms with Crippen LogP contribution in [0.3, 0.4) is 0 Å². The number of hydrogen-bond acceptors (Lipinski definition) is 2. The van der Waals surface area contributed by atoms with Gasteiger partial charge < -0.3 is 0 Å². The van der Waals surface area contributed by atoms with E-state index in [9.17, 15) is 0 Å². The fourth-order valence-electron chi connectivity index (χ4n) is 2.13. The van der Waals surface area contributed by atoms with E-state index in [1.54, 1.807) is 0 Å². The zero-order valence-corrected chi connectivity index (χ0v) is 12.9. The SMILES string of the molecule is Cc1ccc(CC(NN)c2ccc(C)cc2Br)cc1. The van der Waals surface area contributed by atoms with Crippen molar-refractivity contribution in [3.05, 3.63) is 69.2 Å². The van der Waals surface area contributed by atoms with Gasteiger partial charge in [-0.05, 0) is 43.0 Å². The Bertz CT molecular complexity index is 549. The molecule has 0 aliphatic heterocycles. The van der Waals surface area contributed by atoms with Crippen LogP contribution in [0.2, 0.25) is 0 Å². The van der Waals surface area contributed by atoms with E-state index < -0.39 is 0 Å². The fourth-order valence-corrected chi connectivity index (χ4v) is 2.90. The minimum atomic E-state index is 0.109. The second-order valence-electron chi connectivity index (χ2n) is 4.93. The van der Waals surface area contributed by atoms with Crippen LogP contribution in [0.1, 0.15) is 28.3 Å². The van der Waals surface area contributed by atoms with Crippen LogP contribution in [0.4, 0.5) is 0 Å². The molecule has 19 heavy (non-hydrogen) atoms. The Morgan fingerprint density at radius 2 is 1.68 bits per heavy atom. The van der Waals surface area contributed by atoms with Crippen LogP contribution in [-0.4, -0.2) is 0 Å². The molecular formula is C16H19BrN2. The van der Waals surface area contributed by atoms with Crippen molar-refractivity contribution in [2.24, 2.45) is 5.84 Å². The van der Waals surface area contributed by atoms with Gasteiger partial charge in [0.15, 0.2) is 0 Å². The second kappa shape index (κ2) is 6.33. The lowest BCUT2D eigenvalue weighted by Gasteiger charge is -2.18. The quantitative estimate of drug-likeness (QED) is 0.664. The molecule has 0 radical (unpaired) electrons. The van der Waals surface area contributed by atoms with E-state index in [0.717, 1.165) is 10.9 Å². The van der Waals surface area contributed by atoms with Gasteiger partial charge in [0.25, 0.3) is 0 Å². The van der Waals surface area contributed by atoms with Gasteiger partial charge in [-0.1, -0.05) is 57.9 Å². The first-order chi connectivity index (χ1) is 9.10. The summed E-state index contributed by atoms with van der Waals surface area (Å²) >= 11 is 3.62. The van der Waals surface area contributed by atoms with E-state index in [-0.39, 0.29) is 6.04 Å². The van der Waals surface area contributed by atoms with Gasteiger partial charge in [0, 0.05) is 4.47 Å². The summed E-state index contributed by atoms with van der Waals surface area (Å²) in [4.78, 5) is 0. The molecule has 2 nitrogen and oxygen atoms in total. The summed E-state index contributed by atoms with van der Waals surface area (Å²) in [6.45, 7) is 4.18. The van der Waals surface area contributed by atoms with Crippen molar-refractivity contribution >= 4 is 15.9 Å². The summed E-state index contributed by atoms with van der Waals surface area (Å²) < 4.78 is 1.10. The molecule has 100 valence electrons. The molecule has 3 N–H and O–H groups in total. The van der Waals surface area contributed by atoms with Crippen LogP contribution in [0.5, 0.6) is 0 Å². The minimum Gasteiger partial charge on any atom is -0.271 e. The summed E-state index contributed by atoms with van der Waals surface area (Å²) in [5.74, 6) is 5.72. The molecule has 0 spiro atoms. The molecule has 0 amide bonds. The summed E-state index contributed by atoms with van der Waals surface area (Å²) in [5.41, 5.74) is 7.89. The zero-order valence-electron chi connectivity index (χ0n) is 11.3. The molecule has 0 aliphatic rings. The predicted octanol–water partition coefficient (Wildman–Crippen LogP) is 3.81. The average Bonchev–Trinajstić information content (AvgIpc) is 2.39. The minimum absolute atomic E-state index is 0.109. The first-order valence-corrected chi connectivity index (χ1v) is 7.17. The first-order valence-electron chi connectivity index (χ1n) is 6.38. The maximum absolute atomic E-state index is 5.72. The Kier molecular flexibility index (Phi) is 4.75. The van der Waals surface area contributed by atoms with Gasteiger partial charge in [-0.2, -0.15) is 0 Å². The van der Waals surface area contributed by atoms with Gasteiger partial charge in [-0.3, -0.25) is 11.3 Å². The second-order valence-corrected chi connectivity index (χ2v) is 5.79. The van der Waals surface area contributed by atoms with Crippen LogP contribution in [0, 0.1) is 13.8 Å². The highest BCUT2D eigenvalue weighted by atomic mass is 79.9. The number of benzene rings is 2. The molecule has 0 saturated heterocycles. The van der Waals surface area contributed by atoms with E-state index >= 15 is 0 Å². The molecule has 2 aromatic rings. The maximum atomic E-state index is 5.72. The molecule has 3 heteroatoms. The number of aryl methyl sites for hydroxylation is 2. The molecule has 0 aliphatic carbocycles. The lowest BCUT2D eigenvalue weighted by molar-refractivity contribution is 0.550. The third-order valence-corrected chi connectivity index (χ3v) is 3.98.